The molecule has 358 valence electrons. The van der Waals surface area contributed by atoms with Crippen molar-refractivity contribution in [2.75, 3.05) is 0 Å². The third-order valence-electron chi connectivity index (χ3n) is 13.0. The highest BCUT2D eigenvalue weighted by atomic mass is 16.7. The number of carboxylic acids is 4. The van der Waals surface area contributed by atoms with Crippen molar-refractivity contribution in [1.29, 1.82) is 0 Å². The van der Waals surface area contributed by atoms with Gasteiger partial charge in [0.1, 0.15) is 0 Å². The Labute approximate surface area is 418 Å². The number of rotatable bonds is 12. The van der Waals surface area contributed by atoms with Crippen LogP contribution in [0.25, 0.3) is 88.1 Å². The third-order valence-corrected chi connectivity index (χ3v) is 13.0. The Morgan fingerprint density at radius 1 is 0.257 bits per heavy atom. The van der Waals surface area contributed by atoms with E-state index in [1.165, 1.54) is 82.3 Å². The lowest BCUT2D eigenvalue weighted by molar-refractivity contribution is 0.0487. The molecule has 9 aromatic carbocycles. The van der Waals surface area contributed by atoms with Gasteiger partial charge < -0.3 is 30.1 Å². The van der Waals surface area contributed by atoms with Gasteiger partial charge in [-0.05, 0) is 166 Å². The second-order valence-corrected chi connectivity index (χ2v) is 17.4. The molecule has 2 aromatic heterocycles. The van der Waals surface area contributed by atoms with Gasteiger partial charge in [0.25, 0.3) is 0 Å². The molecule has 14 nitrogen and oxygen atoms in total. The third kappa shape index (κ3) is 8.39. The van der Waals surface area contributed by atoms with E-state index in [-0.39, 0.29) is 33.4 Å². The van der Waals surface area contributed by atoms with Gasteiger partial charge in [-0.3, -0.25) is 0 Å². The largest absolute Gasteiger partial charge is 0.478 e. The van der Waals surface area contributed by atoms with Crippen LogP contribution in [0.3, 0.4) is 0 Å². The van der Waals surface area contributed by atoms with Crippen LogP contribution < -0.4 is 9.68 Å². The monoisotopic (exact) mass is 976 g/mol. The second kappa shape index (κ2) is 18.3. The fourth-order valence-electron chi connectivity index (χ4n) is 9.12. The first-order valence-electron chi connectivity index (χ1n) is 22.8. The Bertz CT molecular complexity index is 3640. The summed E-state index contributed by atoms with van der Waals surface area (Å²) in [6, 6.07) is 54.0. The van der Waals surface area contributed by atoms with Gasteiger partial charge in [0.05, 0.1) is 55.4 Å². The minimum absolute atomic E-state index is 0.131. The van der Waals surface area contributed by atoms with Gasteiger partial charge in [-0.1, -0.05) is 72.8 Å². The van der Waals surface area contributed by atoms with E-state index in [9.17, 15) is 49.2 Å². The summed E-state index contributed by atoms with van der Waals surface area (Å²) in [5.41, 5.74) is 9.22. The molecule has 11 rings (SSSR count). The number of nitrogens with zero attached hydrogens (tertiary/aromatic N) is 2. The molecule has 0 aliphatic carbocycles. The van der Waals surface area contributed by atoms with E-state index >= 15 is 0 Å². The van der Waals surface area contributed by atoms with E-state index in [1.807, 2.05) is 48.5 Å². The lowest BCUT2D eigenvalue weighted by atomic mass is 9.99. The number of carbonyl (C=O) groups is 6. The molecular weight excluding hydrogens is 941 g/mol. The first-order valence-corrected chi connectivity index (χ1v) is 22.8. The second-order valence-electron chi connectivity index (χ2n) is 17.4. The fourth-order valence-corrected chi connectivity index (χ4v) is 9.12. The summed E-state index contributed by atoms with van der Waals surface area (Å²) >= 11 is 0. The van der Waals surface area contributed by atoms with Crippen LogP contribution >= 0.6 is 0 Å². The normalized spacial score (nSPS) is 11.2. The molecule has 0 spiro atoms. The summed E-state index contributed by atoms with van der Waals surface area (Å²) < 4.78 is 2.86. The number of fused-ring (bicyclic) bond motifs is 6. The predicted molar refractivity (Wildman–Crippen MR) is 277 cm³/mol. The van der Waals surface area contributed by atoms with Crippen LogP contribution in [-0.2, 0) is 0 Å². The summed E-state index contributed by atoms with van der Waals surface area (Å²) in [4.78, 5) is 86.5. The predicted octanol–water partition coefficient (Wildman–Crippen LogP) is 11.9. The molecule has 0 aliphatic rings. The van der Waals surface area contributed by atoms with Crippen molar-refractivity contribution >= 4 is 79.4 Å². The number of hydrogen-bond acceptors (Lipinski definition) is 8. The van der Waals surface area contributed by atoms with Gasteiger partial charge in [0, 0.05) is 21.5 Å². The molecule has 0 atom stereocenters. The number of carbonyl (C=O) groups excluding carboxylic acids is 2. The lowest BCUT2D eigenvalue weighted by Gasteiger charge is -2.10. The van der Waals surface area contributed by atoms with Crippen molar-refractivity contribution in [3.8, 4) is 44.5 Å². The first-order chi connectivity index (χ1) is 35.8. The van der Waals surface area contributed by atoms with E-state index in [2.05, 4.69) is 0 Å². The highest BCUT2D eigenvalue weighted by molar-refractivity contribution is 6.12. The molecule has 0 saturated heterocycles. The van der Waals surface area contributed by atoms with Crippen LogP contribution in [0.15, 0.2) is 194 Å². The van der Waals surface area contributed by atoms with Gasteiger partial charge in [-0.15, -0.1) is 0 Å². The van der Waals surface area contributed by atoms with Gasteiger partial charge in [0.2, 0.25) is 0 Å². The maximum absolute atomic E-state index is 14.0. The highest BCUT2D eigenvalue weighted by Gasteiger charge is 2.22. The molecule has 0 fully saturated rings. The molecule has 11 aromatic rings. The number of benzene rings is 9. The standard InChI is InChI=1S/C60H36N2O12/c63-55(64)37-9-1-33(2-10-37)43-21-25-51-47(29-43)48-30-44(34-3-11-38(12-4-34)56(65)66)22-26-52(48)61(51)73-59(71)41-17-19-42(20-18-41)60(72)74-62-53-27-23-45(35-5-13-39(14-6-35)57(67)68)31-49(53)50-32-46(24-28-54(50)62)36-7-15-40(16-8-36)58(69)70/h1-32H,(H,63,64)(H,65,66)(H,67,68)(H,69,70). The van der Waals surface area contributed by atoms with Crippen LogP contribution in [0, 0.1) is 0 Å². The van der Waals surface area contributed by atoms with Gasteiger partial charge in [-0.2, -0.15) is 9.46 Å². The molecule has 0 radical (unpaired) electrons. The Balaban J connectivity index is 0.907. The Hall–Kier alpha value is -10.6. The van der Waals surface area contributed by atoms with E-state index < -0.39 is 35.8 Å². The molecule has 74 heavy (non-hydrogen) atoms. The van der Waals surface area contributed by atoms with E-state index in [4.69, 9.17) is 9.68 Å². The van der Waals surface area contributed by atoms with Crippen LogP contribution in [-0.4, -0.2) is 65.7 Å². The number of carboxylic acid groups (broad SMARTS) is 4. The average molecular weight is 977 g/mol. The van der Waals surface area contributed by atoms with Crippen LogP contribution in [0.4, 0.5) is 0 Å². The van der Waals surface area contributed by atoms with E-state index in [0.717, 1.165) is 66.1 Å². The number of hydrogen-bond donors (Lipinski definition) is 4. The smallest absolute Gasteiger partial charge is 0.363 e. The molecule has 0 unspecified atom stereocenters. The van der Waals surface area contributed by atoms with Gasteiger partial charge in [-0.25, -0.2) is 28.8 Å². The van der Waals surface area contributed by atoms with Crippen molar-refractivity contribution < 1.29 is 58.9 Å². The first kappa shape index (κ1) is 45.8. The molecule has 0 amide bonds. The molecule has 0 aliphatic heterocycles. The Morgan fingerprint density at radius 2 is 0.446 bits per heavy atom. The van der Waals surface area contributed by atoms with E-state index in [1.54, 1.807) is 72.8 Å². The minimum Gasteiger partial charge on any atom is -0.478 e. The van der Waals surface area contributed by atoms with Crippen LogP contribution in [0.5, 0.6) is 0 Å². The summed E-state index contributed by atoms with van der Waals surface area (Å²) in [7, 11) is 0. The van der Waals surface area contributed by atoms with Crippen molar-refractivity contribution in [2.24, 2.45) is 0 Å². The highest BCUT2D eigenvalue weighted by Crippen LogP contribution is 2.37. The van der Waals surface area contributed by atoms with Crippen LogP contribution in [0.1, 0.15) is 62.1 Å². The zero-order valence-corrected chi connectivity index (χ0v) is 38.4. The van der Waals surface area contributed by atoms with Crippen molar-refractivity contribution in [2.45, 2.75) is 0 Å². The molecular formula is C60H36N2O12. The number of aromatic carboxylic acids is 4. The maximum Gasteiger partial charge on any atom is 0.363 e. The average Bonchev–Trinajstić information content (AvgIpc) is 3.90. The molecule has 0 saturated carbocycles. The summed E-state index contributed by atoms with van der Waals surface area (Å²) in [5, 5.41) is 40.7. The lowest BCUT2D eigenvalue weighted by Crippen LogP contribution is -2.21. The quantitative estimate of drug-likeness (QED) is 0.0900. The zero-order chi connectivity index (χ0) is 51.4. The molecule has 0 bridgehead atoms. The van der Waals surface area contributed by atoms with Crippen molar-refractivity contribution in [3.63, 3.8) is 0 Å². The molecule has 4 N–H and O–H groups in total. The Morgan fingerprint density at radius 3 is 0.649 bits per heavy atom. The topological polar surface area (TPSA) is 212 Å². The minimum atomic E-state index is -1.04. The Kier molecular flexibility index (Phi) is 11.3. The fraction of sp³-hybridized carbons (Fsp3) is 0. The van der Waals surface area contributed by atoms with Crippen LogP contribution in [0.2, 0.25) is 0 Å². The van der Waals surface area contributed by atoms with E-state index in [0.29, 0.717) is 22.1 Å². The molecule has 2 heterocycles. The summed E-state index contributed by atoms with van der Waals surface area (Å²) in [6.07, 6.45) is 0. The molecule has 14 heteroatoms. The van der Waals surface area contributed by atoms with Gasteiger partial charge in [0.15, 0.2) is 0 Å². The SMILES string of the molecule is O=C(O)c1ccc(-c2ccc3c(c2)c2cc(-c4ccc(C(=O)O)cc4)ccc2n3OC(=O)c2ccc(C(=O)On3c4ccc(-c5ccc(C(=O)O)cc5)cc4c4cc(-c5ccc(C(=O)O)cc5)ccc43)cc2)cc1. The maximum atomic E-state index is 14.0. The number of aromatic nitrogens is 2. The summed E-state index contributed by atoms with van der Waals surface area (Å²) in [5.74, 6) is -5.63. The summed E-state index contributed by atoms with van der Waals surface area (Å²) in [6.45, 7) is 0. The van der Waals surface area contributed by atoms with Crippen molar-refractivity contribution in [3.05, 3.63) is 228 Å². The zero-order valence-electron chi connectivity index (χ0n) is 38.4. The van der Waals surface area contributed by atoms with Gasteiger partial charge >= 0.3 is 35.8 Å². The van der Waals surface area contributed by atoms with Crippen molar-refractivity contribution in [1.82, 2.24) is 9.46 Å².